The Morgan fingerprint density at radius 2 is 2.20 bits per heavy atom. The number of aromatic hydroxyl groups is 1. The number of halogens is 1. The molecule has 4 rings (SSSR count). The molecule has 8 heteroatoms. The molecule has 0 radical (unpaired) electrons. The van der Waals surface area contributed by atoms with E-state index in [0.29, 0.717) is 33.3 Å². The van der Waals surface area contributed by atoms with Crippen LogP contribution in [0.3, 0.4) is 0 Å². The number of phenols is 1. The SMILES string of the molecule is C=C(c1nnc(-c2ccc(-n3ncc(C)n3)cc2O)s1)[C@H]1C[C@@](C)(CC)C=C[C@@H]1F. The molecule has 2 aromatic heterocycles. The Bertz CT molecular complexity index is 1120. The molecule has 1 aromatic carbocycles. The first-order valence-electron chi connectivity index (χ1n) is 9.88. The summed E-state index contributed by atoms with van der Waals surface area (Å²) in [5.41, 5.74) is 2.59. The maximum absolute atomic E-state index is 14.6. The van der Waals surface area contributed by atoms with Gasteiger partial charge >= 0.3 is 0 Å². The molecule has 0 aliphatic heterocycles. The first-order chi connectivity index (χ1) is 14.3. The molecule has 156 valence electrons. The maximum atomic E-state index is 14.6. The monoisotopic (exact) mass is 425 g/mol. The lowest BCUT2D eigenvalue weighted by Gasteiger charge is -2.35. The predicted octanol–water partition coefficient (Wildman–Crippen LogP) is 5.14. The fourth-order valence-electron chi connectivity index (χ4n) is 3.63. The predicted molar refractivity (Wildman–Crippen MR) is 116 cm³/mol. The molecule has 2 heterocycles. The van der Waals surface area contributed by atoms with Crippen LogP contribution in [0.4, 0.5) is 4.39 Å². The quantitative estimate of drug-likeness (QED) is 0.573. The molecule has 0 bridgehead atoms. The van der Waals surface area contributed by atoms with Crippen molar-refractivity contribution >= 4 is 16.9 Å². The van der Waals surface area contributed by atoms with Gasteiger partial charge in [-0.2, -0.15) is 15.0 Å². The van der Waals surface area contributed by atoms with Gasteiger partial charge in [0.05, 0.1) is 23.1 Å². The van der Waals surface area contributed by atoms with Crippen molar-refractivity contribution in [3.8, 4) is 22.0 Å². The zero-order valence-electron chi connectivity index (χ0n) is 17.2. The largest absolute Gasteiger partial charge is 0.507 e. The third-order valence-electron chi connectivity index (χ3n) is 5.76. The van der Waals surface area contributed by atoms with E-state index in [1.807, 2.05) is 13.0 Å². The molecule has 0 saturated heterocycles. The summed E-state index contributed by atoms with van der Waals surface area (Å²) in [6, 6.07) is 5.15. The second-order valence-electron chi connectivity index (χ2n) is 8.04. The fourth-order valence-corrected chi connectivity index (χ4v) is 4.54. The fraction of sp³-hybridized carbons (Fsp3) is 0.364. The second-order valence-corrected chi connectivity index (χ2v) is 9.01. The molecule has 0 unspecified atom stereocenters. The standard InChI is InChI=1S/C22H24FN5OS/c1-5-22(4)9-8-18(23)17(11-22)14(3)20-25-26-21(30-20)16-7-6-15(10-19(16)29)28-24-12-13(2)27-28/h6-10,12,17-18,29H,3,5,11H2,1-2,4H3/t17-,18+,22+/m1/s1. The molecule has 1 aliphatic carbocycles. The number of hydrogen-bond donors (Lipinski definition) is 1. The van der Waals surface area contributed by atoms with Gasteiger partial charge in [0.25, 0.3) is 0 Å². The van der Waals surface area contributed by atoms with Crippen LogP contribution in [0, 0.1) is 18.3 Å². The topological polar surface area (TPSA) is 76.7 Å². The van der Waals surface area contributed by atoms with Gasteiger partial charge in [0.15, 0.2) is 5.01 Å². The van der Waals surface area contributed by atoms with E-state index in [2.05, 4.69) is 40.8 Å². The molecular weight excluding hydrogens is 401 g/mol. The van der Waals surface area contributed by atoms with Crippen LogP contribution in [0.2, 0.25) is 0 Å². The molecule has 0 spiro atoms. The molecule has 0 amide bonds. The van der Waals surface area contributed by atoms with Crippen LogP contribution < -0.4 is 0 Å². The third kappa shape index (κ3) is 3.79. The Morgan fingerprint density at radius 3 is 2.87 bits per heavy atom. The van der Waals surface area contributed by atoms with E-state index in [0.717, 1.165) is 12.1 Å². The summed E-state index contributed by atoms with van der Waals surface area (Å²) in [5.74, 6) is -0.274. The molecule has 6 nitrogen and oxygen atoms in total. The molecule has 3 aromatic rings. The first-order valence-corrected chi connectivity index (χ1v) is 10.7. The zero-order chi connectivity index (χ0) is 21.5. The van der Waals surface area contributed by atoms with Crippen LogP contribution in [0.5, 0.6) is 5.75 Å². The Kier molecular flexibility index (Phi) is 5.27. The third-order valence-corrected chi connectivity index (χ3v) is 6.79. The van der Waals surface area contributed by atoms with Crippen molar-refractivity contribution in [1.29, 1.82) is 0 Å². The Balaban J connectivity index is 1.58. The van der Waals surface area contributed by atoms with Crippen LogP contribution in [0.1, 0.15) is 37.4 Å². The number of rotatable bonds is 5. The maximum Gasteiger partial charge on any atom is 0.151 e. The normalized spacial score (nSPS) is 23.6. The highest BCUT2D eigenvalue weighted by molar-refractivity contribution is 7.15. The Morgan fingerprint density at radius 1 is 1.40 bits per heavy atom. The van der Waals surface area contributed by atoms with E-state index >= 15 is 0 Å². The van der Waals surface area contributed by atoms with Gasteiger partial charge in [-0.05, 0) is 42.9 Å². The second kappa shape index (κ2) is 7.75. The van der Waals surface area contributed by atoms with Gasteiger partial charge in [0.2, 0.25) is 0 Å². The Hall–Kier alpha value is -2.87. The highest BCUT2D eigenvalue weighted by Crippen LogP contribution is 2.44. The highest BCUT2D eigenvalue weighted by atomic mass is 32.1. The molecule has 0 saturated carbocycles. The van der Waals surface area contributed by atoms with Crippen LogP contribution in [0.15, 0.2) is 43.1 Å². The highest BCUT2D eigenvalue weighted by Gasteiger charge is 2.35. The summed E-state index contributed by atoms with van der Waals surface area (Å²) in [4.78, 5) is 1.45. The van der Waals surface area contributed by atoms with Crippen molar-refractivity contribution in [2.24, 2.45) is 11.3 Å². The van der Waals surface area contributed by atoms with Crippen LogP contribution in [-0.4, -0.2) is 36.5 Å². The van der Waals surface area contributed by atoms with Gasteiger partial charge in [-0.1, -0.05) is 43.9 Å². The smallest absolute Gasteiger partial charge is 0.151 e. The summed E-state index contributed by atoms with van der Waals surface area (Å²) in [6.07, 6.45) is 5.80. The summed E-state index contributed by atoms with van der Waals surface area (Å²) in [5, 5.41) is 28.5. The number of alkyl halides is 1. The average molecular weight is 426 g/mol. The minimum Gasteiger partial charge on any atom is -0.507 e. The molecule has 3 atom stereocenters. The van der Waals surface area contributed by atoms with Gasteiger partial charge in [-0.15, -0.1) is 10.2 Å². The molecule has 1 aliphatic rings. The van der Waals surface area contributed by atoms with Crippen molar-refractivity contribution in [2.75, 3.05) is 0 Å². The van der Waals surface area contributed by atoms with E-state index in [-0.39, 0.29) is 17.1 Å². The molecule has 1 N–H and O–H groups in total. The van der Waals surface area contributed by atoms with Crippen molar-refractivity contribution in [1.82, 2.24) is 25.2 Å². The van der Waals surface area contributed by atoms with Gasteiger partial charge < -0.3 is 5.11 Å². The number of nitrogens with zero attached hydrogens (tertiary/aromatic N) is 5. The van der Waals surface area contributed by atoms with E-state index in [1.165, 1.54) is 16.1 Å². The van der Waals surface area contributed by atoms with Crippen LogP contribution >= 0.6 is 11.3 Å². The minimum absolute atomic E-state index is 0.0449. The Labute approximate surface area is 178 Å². The van der Waals surface area contributed by atoms with Gasteiger partial charge in [-0.3, -0.25) is 0 Å². The van der Waals surface area contributed by atoms with E-state index in [9.17, 15) is 9.50 Å². The lowest BCUT2D eigenvalue weighted by molar-refractivity contribution is 0.225. The van der Waals surface area contributed by atoms with Crippen molar-refractivity contribution < 1.29 is 9.50 Å². The van der Waals surface area contributed by atoms with Gasteiger partial charge in [0, 0.05) is 12.0 Å². The lowest BCUT2D eigenvalue weighted by Crippen LogP contribution is -2.28. The van der Waals surface area contributed by atoms with E-state index in [4.69, 9.17) is 0 Å². The summed E-state index contributed by atoms with van der Waals surface area (Å²) >= 11 is 1.31. The molecule has 0 fully saturated rings. The summed E-state index contributed by atoms with van der Waals surface area (Å²) in [6.45, 7) is 10.2. The number of benzene rings is 1. The van der Waals surface area contributed by atoms with Gasteiger partial charge in [-0.25, -0.2) is 4.39 Å². The number of aryl methyl sites for hydroxylation is 1. The molecular formula is C22H24FN5OS. The van der Waals surface area contributed by atoms with Gasteiger partial charge in [0.1, 0.15) is 16.9 Å². The average Bonchev–Trinajstić information content (AvgIpc) is 3.39. The van der Waals surface area contributed by atoms with E-state index < -0.39 is 6.17 Å². The van der Waals surface area contributed by atoms with Crippen molar-refractivity contribution in [3.63, 3.8) is 0 Å². The van der Waals surface area contributed by atoms with Crippen LogP contribution in [-0.2, 0) is 0 Å². The number of aromatic nitrogens is 5. The summed E-state index contributed by atoms with van der Waals surface area (Å²) in [7, 11) is 0. The lowest BCUT2D eigenvalue weighted by atomic mass is 9.71. The van der Waals surface area contributed by atoms with Crippen LogP contribution in [0.25, 0.3) is 21.8 Å². The first kappa shape index (κ1) is 20.4. The summed E-state index contributed by atoms with van der Waals surface area (Å²) < 4.78 is 14.6. The number of phenolic OH excluding ortho intramolecular Hbond substituents is 1. The minimum atomic E-state index is -1.08. The molecule has 30 heavy (non-hydrogen) atoms. The number of allylic oxidation sites excluding steroid dienone is 3. The number of hydrogen-bond acceptors (Lipinski definition) is 6. The van der Waals surface area contributed by atoms with Crippen molar-refractivity contribution in [3.05, 3.63) is 53.8 Å². The zero-order valence-corrected chi connectivity index (χ0v) is 18.0. The van der Waals surface area contributed by atoms with E-state index in [1.54, 1.807) is 30.5 Å². The van der Waals surface area contributed by atoms with Crippen molar-refractivity contribution in [2.45, 2.75) is 39.8 Å².